The lowest BCUT2D eigenvalue weighted by atomic mass is 9.86. The lowest BCUT2D eigenvalue weighted by Gasteiger charge is -2.21. The van der Waals surface area contributed by atoms with Gasteiger partial charge in [0.1, 0.15) is 11.3 Å². The summed E-state index contributed by atoms with van der Waals surface area (Å²) in [5.41, 5.74) is 3.94. The van der Waals surface area contributed by atoms with E-state index in [9.17, 15) is 5.11 Å². The number of phenolic OH excluding ortho intramolecular Hbond substituents is 1. The van der Waals surface area contributed by atoms with Gasteiger partial charge in [-0.05, 0) is 42.3 Å². The highest BCUT2D eigenvalue weighted by Gasteiger charge is 2.23. The first-order valence-corrected chi connectivity index (χ1v) is 10.2. The minimum atomic E-state index is -0.237. The molecular weight excluding hydrogens is 427 g/mol. The third kappa shape index (κ3) is 4.04. The summed E-state index contributed by atoms with van der Waals surface area (Å²) in [6.45, 7) is 1.94. The maximum Gasteiger partial charge on any atom is 0.145 e. The van der Waals surface area contributed by atoms with Crippen molar-refractivity contribution in [2.75, 3.05) is 0 Å². The molecule has 0 aliphatic rings. The van der Waals surface area contributed by atoms with Gasteiger partial charge in [0.15, 0.2) is 0 Å². The summed E-state index contributed by atoms with van der Waals surface area (Å²) >= 11 is 18.8. The molecule has 4 aromatic rings. The zero-order valence-electron chi connectivity index (χ0n) is 15.5. The molecule has 0 aliphatic heterocycles. The Morgan fingerprint density at radius 2 is 1.72 bits per heavy atom. The maximum atomic E-state index is 11.0. The SMILES string of the molecule is Cc1cc(CC(c2ccc(Cl)cc2Cl)c2ccc3cccnc3c2O)ncc1Cl. The average molecular weight is 444 g/mol. The van der Waals surface area contributed by atoms with Gasteiger partial charge in [-0.1, -0.05) is 59.1 Å². The van der Waals surface area contributed by atoms with Crippen molar-refractivity contribution in [1.82, 2.24) is 9.97 Å². The van der Waals surface area contributed by atoms with E-state index in [2.05, 4.69) is 9.97 Å². The molecule has 2 aromatic heterocycles. The number of benzene rings is 2. The molecular formula is C23H17Cl3N2O. The van der Waals surface area contributed by atoms with Crippen LogP contribution in [0.3, 0.4) is 0 Å². The van der Waals surface area contributed by atoms with Crippen LogP contribution in [0.25, 0.3) is 10.9 Å². The summed E-state index contributed by atoms with van der Waals surface area (Å²) in [6, 6.07) is 15.0. The molecule has 3 nitrogen and oxygen atoms in total. The van der Waals surface area contributed by atoms with Crippen LogP contribution in [0.5, 0.6) is 5.75 Å². The third-order valence-electron chi connectivity index (χ3n) is 5.01. The second-order valence-corrected chi connectivity index (χ2v) is 8.18. The Morgan fingerprint density at radius 1 is 0.931 bits per heavy atom. The number of hydrogen-bond donors (Lipinski definition) is 1. The lowest BCUT2D eigenvalue weighted by Crippen LogP contribution is -2.08. The summed E-state index contributed by atoms with van der Waals surface area (Å²) in [7, 11) is 0. The molecule has 1 unspecified atom stereocenters. The predicted octanol–water partition coefficient (Wildman–Crippen LogP) is 6.98. The van der Waals surface area contributed by atoms with Gasteiger partial charge in [-0.2, -0.15) is 0 Å². The second-order valence-electron chi connectivity index (χ2n) is 6.93. The molecule has 0 aliphatic carbocycles. The van der Waals surface area contributed by atoms with Gasteiger partial charge in [0.05, 0.1) is 5.02 Å². The maximum absolute atomic E-state index is 11.0. The molecule has 4 rings (SSSR count). The molecule has 0 saturated heterocycles. The molecule has 0 radical (unpaired) electrons. The number of hydrogen-bond acceptors (Lipinski definition) is 3. The van der Waals surface area contributed by atoms with E-state index in [1.807, 2.05) is 43.3 Å². The third-order valence-corrected chi connectivity index (χ3v) is 5.97. The fourth-order valence-corrected chi connectivity index (χ4v) is 4.16. The Morgan fingerprint density at radius 3 is 2.48 bits per heavy atom. The van der Waals surface area contributed by atoms with E-state index in [0.717, 1.165) is 27.8 Å². The van der Waals surface area contributed by atoms with E-state index in [1.54, 1.807) is 24.5 Å². The first-order valence-electron chi connectivity index (χ1n) is 9.06. The van der Waals surface area contributed by atoms with Crippen molar-refractivity contribution < 1.29 is 5.11 Å². The molecule has 0 spiro atoms. The molecule has 0 amide bonds. The summed E-state index contributed by atoms with van der Waals surface area (Å²) < 4.78 is 0. The van der Waals surface area contributed by atoms with Crippen molar-refractivity contribution in [2.45, 2.75) is 19.3 Å². The Labute approximate surface area is 183 Å². The van der Waals surface area contributed by atoms with E-state index in [4.69, 9.17) is 34.8 Å². The van der Waals surface area contributed by atoms with E-state index < -0.39 is 0 Å². The summed E-state index contributed by atoms with van der Waals surface area (Å²) in [4.78, 5) is 8.82. The van der Waals surface area contributed by atoms with E-state index >= 15 is 0 Å². The van der Waals surface area contributed by atoms with Gasteiger partial charge >= 0.3 is 0 Å². The quantitative estimate of drug-likeness (QED) is 0.370. The van der Waals surface area contributed by atoms with Crippen LogP contribution in [0.15, 0.2) is 60.9 Å². The average Bonchev–Trinajstić information content (AvgIpc) is 2.70. The number of fused-ring (bicyclic) bond motifs is 1. The molecule has 2 aromatic carbocycles. The monoisotopic (exact) mass is 442 g/mol. The Bertz CT molecular complexity index is 1210. The van der Waals surface area contributed by atoms with E-state index in [-0.39, 0.29) is 11.7 Å². The summed E-state index contributed by atoms with van der Waals surface area (Å²) in [5.74, 6) is -0.0935. The Hall–Kier alpha value is -2.33. The molecule has 146 valence electrons. The lowest BCUT2D eigenvalue weighted by molar-refractivity contribution is 0.469. The Balaban J connectivity index is 1.88. The second kappa shape index (κ2) is 8.19. The molecule has 29 heavy (non-hydrogen) atoms. The van der Waals surface area contributed by atoms with E-state index in [0.29, 0.717) is 27.0 Å². The van der Waals surface area contributed by atoms with Crippen molar-refractivity contribution in [2.24, 2.45) is 0 Å². The van der Waals surface area contributed by atoms with Crippen LogP contribution in [0.2, 0.25) is 15.1 Å². The van der Waals surface area contributed by atoms with Gasteiger partial charge in [0, 0.05) is 51.4 Å². The number of aryl methyl sites for hydroxylation is 1. The normalized spacial score (nSPS) is 12.3. The number of pyridine rings is 2. The smallest absolute Gasteiger partial charge is 0.145 e. The molecule has 0 bridgehead atoms. The number of rotatable bonds is 4. The first-order chi connectivity index (χ1) is 13.9. The number of nitrogens with zero attached hydrogens (tertiary/aromatic N) is 2. The van der Waals surface area contributed by atoms with Crippen LogP contribution in [0, 0.1) is 6.92 Å². The fourth-order valence-electron chi connectivity index (χ4n) is 3.52. The minimum absolute atomic E-state index is 0.143. The van der Waals surface area contributed by atoms with Crippen LogP contribution < -0.4 is 0 Å². The zero-order chi connectivity index (χ0) is 20.5. The van der Waals surface area contributed by atoms with Crippen LogP contribution in [-0.2, 0) is 6.42 Å². The van der Waals surface area contributed by atoms with E-state index in [1.165, 1.54) is 0 Å². The van der Waals surface area contributed by atoms with Gasteiger partial charge in [-0.15, -0.1) is 0 Å². The largest absolute Gasteiger partial charge is 0.505 e. The van der Waals surface area contributed by atoms with Crippen molar-refractivity contribution in [3.63, 3.8) is 0 Å². The van der Waals surface area contributed by atoms with Crippen molar-refractivity contribution in [3.05, 3.63) is 98.4 Å². The molecule has 2 heterocycles. The Kier molecular flexibility index (Phi) is 5.64. The number of aromatic nitrogens is 2. The van der Waals surface area contributed by atoms with Gasteiger partial charge < -0.3 is 5.11 Å². The van der Waals surface area contributed by atoms with Crippen molar-refractivity contribution in [3.8, 4) is 5.75 Å². The number of halogens is 3. The van der Waals surface area contributed by atoms with Crippen molar-refractivity contribution in [1.29, 1.82) is 0 Å². The minimum Gasteiger partial charge on any atom is -0.505 e. The van der Waals surface area contributed by atoms with Crippen LogP contribution in [-0.4, -0.2) is 15.1 Å². The summed E-state index contributed by atoms with van der Waals surface area (Å²) in [5, 5.41) is 13.6. The van der Waals surface area contributed by atoms with Gasteiger partial charge in [0.2, 0.25) is 0 Å². The highest BCUT2D eigenvalue weighted by atomic mass is 35.5. The molecule has 0 fully saturated rings. The van der Waals surface area contributed by atoms with Gasteiger partial charge in [-0.3, -0.25) is 9.97 Å². The van der Waals surface area contributed by atoms with Crippen LogP contribution in [0.1, 0.15) is 28.3 Å². The standard InChI is InChI=1S/C23H17Cl3N2O/c1-13-9-16(28-12-21(13)26)11-19(17-7-5-15(24)10-20(17)25)18-6-4-14-3-2-8-27-22(14)23(18)29/h2-10,12,19,29H,11H2,1H3. The highest BCUT2D eigenvalue weighted by molar-refractivity contribution is 6.35. The molecule has 6 heteroatoms. The molecule has 1 atom stereocenters. The van der Waals surface area contributed by atoms with Gasteiger partial charge in [0.25, 0.3) is 0 Å². The fraction of sp³-hybridized carbons (Fsp3) is 0.130. The van der Waals surface area contributed by atoms with Crippen molar-refractivity contribution >= 4 is 45.7 Å². The molecule has 0 saturated carbocycles. The van der Waals surface area contributed by atoms with Crippen LogP contribution in [0.4, 0.5) is 0 Å². The van der Waals surface area contributed by atoms with Crippen LogP contribution >= 0.6 is 34.8 Å². The number of aromatic hydroxyl groups is 1. The topological polar surface area (TPSA) is 46.0 Å². The van der Waals surface area contributed by atoms with Gasteiger partial charge in [-0.25, -0.2) is 0 Å². The zero-order valence-corrected chi connectivity index (χ0v) is 17.8. The number of phenols is 1. The molecule has 1 N–H and O–H groups in total. The highest BCUT2D eigenvalue weighted by Crippen LogP contribution is 2.40. The summed E-state index contributed by atoms with van der Waals surface area (Å²) in [6.07, 6.45) is 3.85. The first kappa shape index (κ1) is 20.0. The predicted molar refractivity (Wildman–Crippen MR) is 119 cm³/mol.